The van der Waals surface area contributed by atoms with E-state index < -0.39 is 61.7 Å². The number of alkyl halides is 3. The van der Waals surface area contributed by atoms with Gasteiger partial charge in [0.05, 0.1) is 16.9 Å². The normalized spacial score (nSPS) is 12.1. The van der Waals surface area contributed by atoms with Crippen LogP contribution in [-0.2, 0) is 27.4 Å². The van der Waals surface area contributed by atoms with Gasteiger partial charge in [-0.2, -0.15) is 13.2 Å². The highest BCUT2D eigenvalue weighted by molar-refractivity contribution is 7.89. The average Bonchev–Trinajstić information content (AvgIpc) is 2.66. The second kappa shape index (κ2) is 8.28. The van der Waals surface area contributed by atoms with Crippen molar-refractivity contribution < 1.29 is 35.2 Å². The van der Waals surface area contributed by atoms with Gasteiger partial charge in [0.25, 0.3) is 0 Å². The Balaban J connectivity index is 2.45. The number of hydrogen-bond donors (Lipinski definition) is 2. The molecule has 3 rings (SSSR count). The molecule has 12 heteroatoms. The zero-order valence-electron chi connectivity index (χ0n) is 16.0. The van der Waals surface area contributed by atoms with E-state index in [-0.39, 0.29) is 16.7 Å². The highest BCUT2D eigenvalue weighted by Gasteiger charge is 2.32. The molecule has 0 aliphatic heterocycles. The molecule has 0 atom stereocenters. The fourth-order valence-corrected chi connectivity index (χ4v) is 4.23. The summed E-state index contributed by atoms with van der Waals surface area (Å²) in [5, 5.41) is 5.35. The van der Waals surface area contributed by atoms with Crippen LogP contribution < -0.4 is 10.9 Å². The van der Waals surface area contributed by atoms with Gasteiger partial charge in [-0.05, 0) is 23.8 Å². The van der Waals surface area contributed by atoms with Crippen LogP contribution in [-0.4, -0.2) is 19.3 Å². The van der Waals surface area contributed by atoms with Gasteiger partial charge >= 0.3 is 6.18 Å². The number of aromatic nitrogens is 1. The smallest absolute Gasteiger partial charge is 0.369 e. The van der Waals surface area contributed by atoms with Crippen LogP contribution in [0.3, 0.4) is 0 Å². The summed E-state index contributed by atoms with van der Waals surface area (Å²) >= 11 is 0. The predicted molar refractivity (Wildman–Crippen MR) is 104 cm³/mol. The van der Waals surface area contributed by atoms with E-state index in [2.05, 4.69) is 4.98 Å². The Hall–Kier alpha value is -3.38. The summed E-state index contributed by atoms with van der Waals surface area (Å²) in [4.78, 5) is 14.3. The summed E-state index contributed by atoms with van der Waals surface area (Å²) in [7, 11) is -4.72. The first kappa shape index (κ1) is 23.3. The lowest BCUT2D eigenvalue weighted by atomic mass is 9.92. The van der Waals surface area contributed by atoms with E-state index >= 15 is 0 Å². The SMILES string of the molecule is NC(=O)Cc1ccc(-c2cncc(C(F)(F)F)c2)c(S(N)(=O)=O)c1-c1ccc(F)cc1F. The van der Waals surface area contributed by atoms with E-state index in [0.29, 0.717) is 18.3 Å². The lowest BCUT2D eigenvalue weighted by Gasteiger charge is -2.18. The summed E-state index contributed by atoms with van der Waals surface area (Å²) in [5.41, 5.74) is 2.51. The zero-order chi connectivity index (χ0) is 23.8. The van der Waals surface area contributed by atoms with Crippen molar-refractivity contribution in [3.8, 4) is 22.3 Å². The zero-order valence-corrected chi connectivity index (χ0v) is 16.8. The van der Waals surface area contributed by atoms with Crippen molar-refractivity contribution in [2.45, 2.75) is 17.5 Å². The molecule has 0 aliphatic rings. The summed E-state index contributed by atoms with van der Waals surface area (Å²) in [6.07, 6.45) is -3.81. The number of halogens is 5. The summed E-state index contributed by atoms with van der Waals surface area (Å²) in [5.74, 6) is -3.04. The number of hydrogen-bond acceptors (Lipinski definition) is 4. The van der Waals surface area contributed by atoms with Gasteiger partial charge in [-0.25, -0.2) is 22.3 Å². The van der Waals surface area contributed by atoms with Crippen LogP contribution in [0.2, 0.25) is 0 Å². The highest BCUT2D eigenvalue weighted by atomic mass is 32.2. The average molecular weight is 471 g/mol. The number of rotatable bonds is 5. The van der Waals surface area contributed by atoms with Crippen molar-refractivity contribution >= 4 is 15.9 Å². The third-order valence-electron chi connectivity index (χ3n) is 4.47. The van der Waals surface area contributed by atoms with Gasteiger partial charge < -0.3 is 5.73 Å². The Kier molecular flexibility index (Phi) is 6.03. The molecule has 0 fully saturated rings. The third kappa shape index (κ3) is 4.75. The number of primary amides is 1. The van der Waals surface area contributed by atoms with Crippen LogP contribution in [0.4, 0.5) is 22.0 Å². The summed E-state index contributed by atoms with van der Waals surface area (Å²) in [6.45, 7) is 0. The molecule has 2 aromatic carbocycles. The molecule has 0 aliphatic carbocycles. The minimum absolute atomic E-state index is 0.0734. The first-order chi connectivity index (χ1) is 14.8. The number of carbonyl (C=O) groups is 1. The number of nitrogens with zero attached hydrogens (tertiary/aromatic N) is 1. The Bertz CT molecular complexity index is 1320. The van der Waals surface area contributed by atoms with E-state index in [9.17, 15) is 35.2 Å². The van der Waals surface area contributed by atoms with Crippen molar-refractivity contribution in [1.29, 1.82) is 0 Å². The fourth-order valence-electron chi connectivity index (χ4n) is 3.21. The van der Waals surface area contributed by atoms with E-state index in [0.717, 1.165) is 24.4 Å². The van der Waals surface area contributed by atoms with E-state index in [1.54, 1.807) is 0 Å². The molecule has 0 bridgehead atoms. The van der Waals surface area contributed by atoms with Crippen molar-refractivity contribution in [1.82, 2.24) is 4.98 Å². The van der Waals surface area contributed by atoms with Gasteiger partial charge in [-0.15, -0.1) is 0 Å². The number of nitrogens with two attached hydrogens (primary N) is 2. The summed E-state index contributed by atoms with van der Waals surface area (Å²) in [6, 6.07) is 5.21. The number of amides is 1. The molecule has 0 saturated heterocycles. The standard InChI is InChI=1S/C20H14F5N3O3S/c21-13-2-4-15(16(22)7-13)18-10(6-17(26)29)1-3-14(19(18)32(27,30)31)11-5-12(9-28-8-11)20(23,24)25/h1-5,7-9H,6H2,(H2,26,29)(H2,27,30,31). The van der Waals surface area contributed by atoms with Gasteiger partial charge in [0.1, 0.15) is 11.6 Å². The number of primary sulfonamides is 1. The van der Waals surface area contributed by atoms with Crippen molar-refractivity contribution in [2.75, 3.05) is 0 Å². The summed E-state index contributed by atoms with van der Waals surface area (Å²) < 4.78 is 92.6. The highest BCUT2D eigenvalue weighted by Crippen LogP contribution is 2.40. The molecular formula is C20H14F5N3O3S. The Morgan fingerprint density at radius 1 is 1.00 bits per heavy atom. The first-order valence-corrected chi connectivity index (χ1v) is 10.3. The van der Waals surface area contributed by atoms with Gasteiger partial charge in [0.15, 0.2) is 0 Å². The Morgan fingerprint density at radius 3 is 2.22 bits per heavy atom. The molecule has 1 amide bonds. The lowest BCUT2D eigenvalue weighted by Crippen LogP contribution is -2.19. The molecular weight excluding hydrogens is 457 g/mol. The number of sulfonamides is 1. The topological polar surface area (TPSA) is 116 Å². The Morgan fingerprint density at radius 2 is 1.66 bits per heavy atom. The van der Waals surface area contributed by atoms with Crippen LogP contribution in [0.15, 0.2) is 53.7 Å². The maximum atomic E-state index is 14.6. The molecule has 0 radical (unpaired) electrons. The number of carbonyl (C=O) groups excluding carboxylic acids is 1. The molecule has 0 saturated carbocycles. The fraction of sp³-hybridized carbons (Fsp3) is 0.100. The quantitative estimate of drug-likeness (QED) is 0.555. The number of pyridine rings is 1. The van der Waals surface area contributed by atoms with Crippen molar-refractivity contribution in [3.05, 3.63) is 71.6 Å². The van der Waals surface area contributed by atoms with Crippen molar-refractivity contribution in [3.63, 3.8) is 0 Å². The minimum atomic E-state index is -4.78. The van der Waals surface area contributed by atoms with E-state index in [1.807, 2.05) is 0 Å². The monoisotopic (exact) mass is 471 g/mol. The second-order valence-corrected chi connectivity index (χ2v) is 8.25. The molecule has 0 unspecified atom stereocenters. The second-order valence-electron chi connectivity index (χ2n) is 6.75. The molecule has 1 aromatic heterocycles. The largest absolute Gasteiger partial charge is 0.417 e. The molecule has 0 spiro atoms. The lowest BCUT2D eigenvalue weighted by molar-refractivity contribution is -0.137. The minimum Gasteiger partial charge on any atom is -0.369 e. The van der Waals surface area contributed by atoms with E-state index in [1.165, 1.54) is 6.07 Å². The van der Waals surface area contributed by atoms with E-state index in [4.69, 9.17) is 10.9 Å². The van der Waals surface area contributed by atoms with Gasteiger partial charge in [-0.3, -0.25) is 9.78 Å². The molecule has 3 aromatic rings. The maximum absolute atomic E-state index is 14.6. The van der Waals surface area contributed by atoms with Crippen LogP contribution >= 0.6 is 0 Å². The maximum Gasteiger partial charge on any atom is 0.417 e. The molecule has 1 heterocycles. The molecule has 168 valence electrons. The Labute approximate surface area is 178 Å². The van der Waals surface area contributed by atoms with Crippen LogP contribution in [0.5, 0.6) is 0 Å². The van der Waals surface area contributed by atoms with Gasteiger partial charge in [-0.1, -0.05) is 12.1 Å². The molecule has 32 heavy (non-hydrogen) atoms. The van der Waals surface area contributed by atoms with Crippen LogP contribution in [0.25, 0.3) is 22.3 Å². The van der Waals surface area contributed by atoms with Crippen LogP contribution in [0, 0.1) is 11.6 Å². The van der Waals surface area contributed by atoms with Gasteiger partial charge in [0, 0.05) is 40.7 Å². The molecule has 4 N–H and O–H groups in total. The third-order valence-corrected chi connectivity index (χ3v) is 5.46. The van der Waals surface area contributed by atoms with Gasteiger partial charge in [0.2, 0.25) is 15.9 Å². The number of benzene rings is 2. The van der Waals surface area contributed by atoms with Crippen molar-refractivity contribution in [2.24, 2.45) is 10.9 Å². The predicted octanol–water partition coefficient (Wildman–Crippen LogP) is 3.39. The molecule has 6 nitrogen and oxygen atoms in total. The van der Waals surface area contributed by atoms with Crippen LogP contribution in [0.1, 0.15) is 11.1 Å². The first-order valence-electron chi connectivity index (χ1n) is 8.74.